The number of carboxylic acids is 1. The van der Waals surface area contributed by atoms with E-state index in [-0.39, 0.29) is 23.7 Å². The first kappa shape index (κ1) is 17.9. The van der Waals surface area contributed by atoms with Gasteiger partial charge in [0.05, 0.1) is 17.4 Å². The Bertz CT molecular complexity index is 957. The van der Waals surface area contributed by atoms with Crippen LogP contribution < -0.4 is 10.6 Å². The molecule has 2 aliphatic carbocycles. The predicted molar refractivity (Wildman–Crippen MR) is 103 cm³/mol. The Hall–Kier alpha value is -3.48. The molecular formula is C21H19N3O4. The van der Waals surface area contributed by atoms with E-state index < -0.39 is 17.8 Å². The third kappa shape index (κ3) is 3.38. The molecule has 1 saturated carbocycles. The van der Waals surface area contributed by atoms with Crippen LogP contribution in [0.4, 0.5) is 11.4 Å². The Kier molecular flexibility index (Phi) is 4.65. The Labute approximate surface area is 161 Å². The number of aromatic nitrogens is 1. The number of pyridine rings is 1. The first-order valence-electron chi connectivity index (χ1n) is 9.06. The summed E-state index contributed by atoms with van der Waals surface area (Å²) in [5, 5.41) is 15.1. The molecule has 4 atom stereocenters. The molecule has 7 nitrogen and oxygen atoms in total. The Morgan fingerprint density at radius 1 is 0.964 bits per heavy atom. The first-order valence-corrected chi connectivity index (χ1v) is 9.06. The van der Waals surface area contributed by atoms with Crippen LogP contribution in [0.1, 0.15) is 16.8 Å². The van der Waals surface area contributed by atoms with E-state index in [1.165, 1.54) is 6.20 Å². The molecule has 4 rings (SSSR count). The molecule has 1 fully saturated rings. The molecule has 0 saturated heterocycles. The molecule has 3 N–H and O–H groups in total. The quantitative estimate of drug-likeness (QED) is 0.695. The van der Waals surface area contributed by atoms with Crippen molar-refractivity contribution in [3.63, 3.8) is 0 Å². The molecule has 142 valence electrons. The molecule has 1 aromatic carbocycles. The number of fused-ring (bicyclic) bond motifs is 2. The van der Waals surface area contributed by atoms with E-state index in [1.54, 1.807) is 42.6 Å². The van der Waals surface area contributed by atoms with Gasteiger partial charge in [0.1, 0.15) is 0 Å². The van der Waals surface area contributed by atoms with Crippen LogP contribution in [0.25, 0.3) is 0 Å². The lowest BCUT2D eigenvalue weighted by atomic mass is 9.82. The second kappa shape index (κ2) is 7.26. The average molecular weight is 377 g/mol. The third-order valence-electron chi connectivity index (χ3n) is 5.36. The van der Waals surface area contributed by atoms with E-state index in [1.807, 2.05) is 12.2 Å². The van der Waals surface area contributed by atoms with Gasteiger partial charge >= 0.3 is 5.97 Å². The number of carbonyl (C=O) groups excluding carboxylic acids is 2. The largest absolute Gasteiger partial charge is 0.481 e. The van der Waals surface area contributed by atoms with Gasteiger partial charge in [-0.1, -0.05) is 18.2 Å². The van der Waals surface area contributed by atoms with Gasteiger partial charge in [0.15, 0.2) is 0 Å². The number of anilines is 2. The van der Waals surface area contributed by atoms with Gasteiger partial charge in [-0.2, -0.15) is 0 Å². The summed E-state index contributed by atoms with van der Waals surface area (Å²) in [5.74, 6) is -2.94. The molecule has 2 bridgehead atoms. The predicted octanol–water partition coefficient (Wildman–Crippen LogP) is 2.80. The topological polar surface area (TPSA) is 108 Å². The van der Waals surface area contributed by atoms with Crippen molar-refractivity contribution in [3.8, 4) is 0 Å². The number of allylic oxidation sites excluding steroid dienone is 2. The van der Waals surface area contributed by atoms with Gasteiger partial charge in [0.25, 0.3) is 5.91 Å². The maximum absolute atomic E-state index is 12.8. The van der Waals surface area contributed by atoms with E-state index in [0.717, 1.165) is 0 Å². The summed E-state index contributed by atoms with van der Waals surface area (Å²) in [6.45, 7) is 0. The highest BCUT2D eigenvalue weighted by molar-refractivity contribution is 6.04. The van der Waals surface area contributed by atoms with Crippen molar-refractivity contribution in [2.45, 2.75) is 6.42 Å². The van der Waals surface area contributed by atoms with Crippen LogP contribution in [0, 0.1) is 23.7 Å². The molecule has 0 aliphatic heterocycles. The number of carboxylic acid groups (broad SMARTS) is 1. The number of aliphatic carboxylic acids is 1. The number of rotatable bonds is 5. The highest BCUT2D eigenvalue weighted by Crippen LogP contribution is 2.48. The number of benzene rings is 1. The lowest BCUT2D eigenvalue weighted by Crippen LogP contribution is -2.36. The van der Waals surface area contributed by atoms with Crippen LogP contribution in [0.5, 0.6) is 0 Å². The number of hydrogen-bond donors (Lipinski definition) is 3. The molecule has 2 aromatic rings. The normalized spacial score (nSPS) is 24.7. The zero-order valence-corrected chi connectivity index (χ0v) is 14.9. The van der Waals surface area contributed by atoms with E-state index >= 15 is 0 Å². The van der Waals surface area contributed by atoms with Crippen LogP contribution in [-0.2, 0) is 9.59 Å². The smallest absolute Gasteiger partial charge is 0.307 e. The third-order valence-corrected chi connectivity index (χ3v) is 5.36. The fourth-order valence-electron chi connectivity index (χ4n) is 4.12. The molecule has 0 radical (unpaired) electrons. The molecule has 1 aromatic heterocycles. The van der Waals surface area contributed by atoms with Crippen molar-refractivity contribution in [1.82, 2.24) is 4.98 Å². The van der Waals surface area contributed by atoms with Crippen molar-refractivity contribution in [3.05, 3.63) is 66.5 Å². The fourth-order valence-corrected chi connectivity index (χ4v) is 4.12. The molecule has 0 unspecified atom stereocenters. The van der Waals surface area contributed by atoms with Crippen LogP contribution in [0.2, 0.25) is 0 Å². The van der Waals surface area contributed by atoms with Gasteiger partial charge in [-0.25, -0.2) is 0 Å². The molecular weight excluding hydrogens is 358 g/mol. The van der Waals surface area contributed by atoms with Gasteiger partial charge in [-0.3, -0.25) is 19.4 Å². The average Bonchev–Trinajstić information content (AvgIpc) is 3.30. The summed E-state index contributed by atoms with van der Waals surface area (Å²) < 4.78 is 0. The summed E-state index contributed by atoms with van der Waals surface area (Å²) in [4.78, 5) is 40.5. The van der Waals surface area contributed by atoms with E-state index in [4.69, 9.17) is 0 Å². The summed E-state index contributed by atoms with van der Waals surface area (Å²) >= 11 is 0. The molecule has 1 heterocycles. The Morgan fingerprint density at radius 3 is 2.36 bits per heavy atom. The molecule has 7 heteroatoms. The first-order chi connectivity index (χ1) is 13.5. The van der Waals surface area contributed by atoms with Crippen molar-refractivity contribution < 1.29 is 19.5 Å². The van der Waals surface area contributed by atoms with E-state index in [2.05, 4.69) is 15.6 Å². The highest BCUT2D eigenvalue weighted by atomic mass is 16.4. The number of nitrogens with zero attached hydrogens (tertiary/aromatic N) is 1. The minimum absolute atomic E-state index is 0.0421. The number of hydrogen-bond acceptors (Lipinski definition) is 4. The monoisotopic (exact) mass is 377 g/mol. The van der Waals surface area contributed by atoms with Crippen LogP contribution in [-0.4, -0.2) is 27.9 Å². The minimum Gasteiger partial charge on any atom is -0.481 e. The molecule has 28 heavy (non-hydrogen) atoms. The summed E-state index contributed by atoms with van der Waals surface area (Å²) in [5.41, 5.74) is 1.45. The summed E-state index contributed by atoms with van der Waals surface area (Å²) in [6.07, 6.45) is 7.61. The number of nitrogens with one attached hydrogen (secondary N) is 2. The Balaban J connectivity index is 1.46. The highest BCUT2D eigenvalue weighted by Gasteiger charge is 2.51. The van der Waals surface area contributed by atoms with Gasteiger partial charge in [-0.15, -0.1) is 0 Å². The van der Waals surface area contributed by atoms with Gasteiger partial charge in [0, 0.05) is 23.8 Å². The summed E-state index contributed by atoms with van der Waals surface area (Å²) in [6, 6.07) is 10.1. The zero-order valence-electron chi connectivity index (χ0n) is 14.9. The molecule has 0 spiro atoms. The van der Waals surface area contributed by atoms with Crippen LogP contribution in [0.15, 0.2) is 60.9 Å². The van der Waals surface area contributed by atoms with Crippen molar-refractivity contribution >= 4 is 29.2 Å². The fraction of sp³-hybridized carbons (Fsp3) is 0.238. The van der Waals surface area contributed by atoms with Crippen molar-refractivity contribution in [1.29, 1.82) is 0 Å². The Morgan fingerprint density at radius 2 is 1.68 bits per heavy atom. The minimum atomic E-state index is -0.936. The van der Waals surface area contributed by atoms with E-state index in [0.29, 0.717) is 23.4 Å². The maximum Gasteiger partial charge on any atom is 0.307 e. The van der Waals surface area contributed by atoms with Gasteiger partial charge in [-0.05, 0) is 48.6 Å². The molecule has 2 amide bonds. The maximum atomic E-state index is 12.8. The second-order valence-corrected chi connectivity index (χ2v) is 7.10. The van der Waals surface area contributed by atoms with Crippen LogP contribution in [0.3, 0.4) is 0 Å². The molecule has 2 aliphatic rings. The SMILES string of the molecule is O=C(Nc1cccc(NC(=O)[C@@H]2[C@H](C(=O)O)[C@H]3C=C[C@H]2C3)c1)c1cccnc1. The second-order valence-electron chi connectivity index (χ2n) is 7.10. The lowest BCUT2D eigenvalue weighted by Gasteiger charge is -2.24. The standard InChI is InChI=1S/C21H19N3O4/c25-19(14-3-2-8-22-11-14)23-15-4-1-5-16(10-15)24-20(26)17-12-6-7-13(9-12)18(17)21(27)28/h1-8,10-13,17-18H,9H2,(H,23,25)(H,24,26)(H,27,28)/t12-,13-,17-,18+/m0/s1. The van der Waals surface area contributed by atoms with Gasteiger partial charge in [0.2, 0.25) is 5.91 Å². The van der Waals surface area contributed by atoms with Crippen LogP contribution >= 0.6 is 0 Å². The van der Waals surface area contributed by atoms with Crippen molar-refractivity contribution in [2.24, 2.45) is 23.7 Å². The van der Waals surface area contributed by atoms with Gasteiger partial charge < -0.3 is 15.7 Å². The van der Waals surface area contributed by atoms with Crippen molar-refractivity contribution in [2.75, 3.05) is 10.6 Å². The number of carbonyl (C=O) groups is 3. The van der Waals surface area contributed by atoms with E-state index in [9.17, 15) is 19.5 Å². The summed E-state index contributed by atoms with van der Waals surface area (Å²) in [7, 11) is 0. The lowest BCUT2D eigenvalue weighted by molar-refractivity contribution is -0.146. The number of amides is 2. The zero-order chi connectivity index (χ0) is 19.7.